The third-order valence-corrected chi connectivity index (χ3v) is 3.90. The molecule has 0 unspecified atom stereocenters. The maximum Gasteiger partial charge on any atom is 0.384 e. The van der Waals surface area contributed by atoms with Crippen molar-refractivity contribution in [1.82, 2.24) is 0 Å². The van der Waals surface area contributed by atoms with Gasteiger partial charge in [-0.05, 0) is 12.8 Å². The van der Waals surface area contributed by atoms with Crippen LogP contribution in [0.25, 0.3) is 0 Å². The predicted molar refractivity (Wildman–Crippen MR) is 73.0 cm³/mol. The van der Waals surface area contributed by atoms with Crippen molar-refractivity contribution in [3.63, 3.8) is 0 Å². The highest BCUT2D eigenvalue weighted by Crippen LogP contribution is 2.58. The molecule has 0 spiro atoms. The zero-order valence-electron chi connectivity index (χ0n) is 13.9. The fourth-order valence-electron chi connectivity index (χ4n) is 2.14. The molecule has 0 aromatic rings. The van der Waals surface area contributed by atoms with Gasteiger partial charge in [-0.1, -0.05) is 39.5 Å². The van der Waals surface area contributed by atoms with Crippen LogP contribution in [0.2, 0.25) is 0 Å². The van der Waals surface area contributed by atoms with E-state index in [9.17, 15) is 43.9 Å². The molecule has 0 rings (SSSR count). The smallest absolute Gasteiger partial charge is 0.200 e. The van der Waals surface area contributed by atoms with Crippen molar-refractivity contribution in [1.29, 1.82) is 0 Å². The van der Waals surface area contributed by atoms with Crippen LogP contribution in [-0.2, 0) is 0 Å². The standard InChI is InChI=1S/C15H22F10/c1-3-5-7-8-10-12(18,19)14(22,23)15(24,25)13(20,21)11(16,17)9-6-4-2/h3-10H2,1-2H3. The van der Waals surface area contributed by atoms with Crippen LogP contribution in [-0.4, -0.2) is 29.6 Å². The molecule has 0 aliphatic heterocycles. The van der Waals surface area contributed by atoms with E-state index in [-0.39, 0.29) is 12.8 Å². The summed E-state index contributed by atoms with van der Waals surface area (Å²) in [7, 11) is 0. The van der Waals surface area contributed by atoms with Gasteiger partial charge in [-0.25, -0.2) is 0 Å². The van der Waals surface area contributed by atoms with Crippen molar-refractivity contribution >= 4 is 0 Å². The third-order valence-electron chi connectivity index (χ3n) is 3.90. The molecular weight excluding hydrogens is 370 g/mol. The second kappa shape index (κ2) is 8.33. The average molecular weight is 392 g/mol. The van der Waals surface area contributed by atoms with E-state index in [0.717, 1.165) is 0 Å². The lowest BCUT2D eigenvalue weighted by atomic mass is 9.90. The first-order valence-corrected chi connectivity index (χ1v) is 8.01. The monoisotopic (exact) mass is 392 g/mol. The second-order valence-corrected chi connectivity index (χ2v) is 6.05. The first-order valence-electron chi connectivity index (χ1n) is 8.01. The van der Waals surface area contributed by atoms with Gasteiger partial charge in [-0.3, -0.25) is 0 Å². The highest BCUT2D eigenvalue weighted by atomic mass is 19.4. The van der Waals surface area contributed by atoms with Gasteiger partial charge in [0.05, 0.1) is 0 Å². The van der Waals surface area contributed by atoms with Gasteiger partial charge in [0, 0.05) is 12.8 Å². The highest BCUT2D eigenvalue weighted by Gasteiger charge is 2.85. The van der Waals surface area contributed by atoms with Crippen molar-refractivity contribution in [3.8, 4) is 0 Å². The Labute approximate surface area is 140 Å². The van der Waals surface area contributed by atoms with Gasteiger partial charge in [0.2, 0.25) is 0 Å². The van der Waals surface area contributed by atoms with Gasteiger partial charge in [0.25, 0.3) is 0 Å². The molecule has 0 fully saturated rings. The largest absolute Gasteiger partial charge is 0.384 e. The van der Waals surface area contributed by atoms with Gasteiger partial charge in [0.1, 0.15) is 0 Å². The Kier molecular flexibility index (Phi) is 8.09. The van der Waals surface area contributed by atoms with E-state index in [1.165, 1.54) is 6.92 Å². The molecule has 0 aromatic carbocycles. The lowest BCUT2D eigenvalue weighted by molar-refractivity contribution is -0.402. The molecule has 152 valence electrons. The Bertz CT molecular complexity index is 403. The summed E-state index contributed by atoms with van der Waals surface area (Å²) in [6.45, 7) is 2.95. The predicted octanol–water partition coefficient (Wildman–Crippen LogP) is 7.32. The van der Waals surface area contributed by atoms with Crippen LogP contribution >= 0.6 is 0 Å². The van der Waals surface area contributed by atoms with E-state index >= 15 is 0 Å². The number of rotatable bonds is 12. The van der Waals surface area contributed by atoms with E-state index in [2.05, 4.69) is 0 Å². The minimum Gasteiger partial charge on any atom is -0.200 e. The molecule has 25 heavy (non-hydrogen) atoms. The molecule has 0 N–H and O–H groups in total. The number of hydrogen-bond acceptors (Lipinski definition) is 0. The van der Waals surface area contributed by atoms with E-state index < -0.39 is 55.3 Å². The molecule has 0 saturated carbocycles. The van der Waals surface area contributed by atoms with Crippen molar-refractivity contribution in [2.75, 3.05) is 0 Å². The molecule has 0 saturated heterocycles. The fraction of sp³-hybridized carbons (Fsp3) is 1.00. The quantitative estimate of drug-likeness (QED) is 0.241. The summed E-state index contributed by atoms with van der Waals surface area (Å²) >= 11 is 0. The Morgan fingerprint density at radius 1 is 0.440 bits per heavy atom. The Morgan fingerprint density at radius 2 is 0.800 bits per heavy atom. The van der Waals surface area contributed by atoms with Crippen molar-refractivity contribution in [2.45, 2.75) is 94.8 Å². The molecule has 0 radical (unpaired) electrons. The van der Waals surface area contributed by atoms with Crippen molar-refractivity contribution in [3.05, 3.63) is 0 Å². The Balaban J connectivity index is 5.54. The summed E-state index contributed by atoms with van der Waals surface area (Å²) in [6, 6.07) is 0. The van der Waals surface area contributed by atoms with Gasteiger partial charge in [-0.15, -0.1) is 0 Å². The maximum absolute atomic E-state index is 13.5. The summed E-state index contributed by atoms with van der Waals surface area (Å²) in [5, 5.41) is 0. The van der Waals surface area contributed by atoms with Crippen LogP contribution in [0.15, 0.2) is 0 Å². The first-order chi connectivity index (χ1) is 11.1. The minimum atomic E-state index is -6.91. The van der Waals surface area contributed by atoms with E-state index in [0.29, 0.717) is 12.8 Å². The SMILES string of the molecule is CCCCCCC(F)(F)C(F)(F)C(F)(F)C(F)(F)C(F)(F)CCCC. The lowest BCUT2D eigenvalue weighted by Gasteiger charge is -2.39. The van der Waals surface area contributed by atoms with Crippen molar-refractivity contribution in [2.24, 2.45) is 0 Å². The minimum absolute atomic E-state index is 0.00318. The van der Waals surface area contributed by atoms with E-state index in [1.807, 2.05) is 0 Å². The maximum atomic E-state index is 13.5. The molecule has 0 aliphatic rings. The van der Waals surface area contributed by atoms with Gasteiger partial charge >= 0.3 is 29.6 Å². The van der Waals surface area contributed by atoms with Gasteiger partial charge in [-0.2, -0.15) is 43.9 Å². The van der Waals surface area contributed by atoms with Crippen LogP contribution in [0.1, 0.15) is 65.2 Å². The molecule has 10 heteroatoms. The number of halogens is 10. The summed E-state index contributed by atoms with van der Waals surface area (Å²) in [5.74, 6) is -31.2. The topological polar surface area (TPSA) is 0 Å². The molecule has 0 amide bonds. The summed E-state index contributed by atoms with van der Waals surface area (Å²) in [4.78, 5) is 0. The molecular formula is C15H22F10. The molecule has 0 nitrogen and oxygen atoms in total. The molecule has 0 bridgehead atoms. The molecule has 0 aliphatic carbocycles. The van der Waals surface area contributed by atoms with Crippen LogP contribution < -0.4 is 0 Å². The summed E-state index contributed by atoms with van der Waals surface area (Å²) in [5.41, 5.74) is 0. The number of unbranched alkanes of at least 4 members (excludes halogenated alkanes) is 4. The van der Waals surface area contributed by atoms with Crippen LogP contribution in [0.4, 0.5) is 43.9 Å². The summed E-state index contributed by atoms with van der Waals surface area (Å²) < 4.78 is 135. The first kappa shape index (κ1) is 24.3. The highest BCUT2D eigenvalue weighted by molar-refractivity contribution is 5.08. The third kappa shape index (κ3) is 4.72. The van der Waals surface area contributed by atoms with Crippen molar-refractivity contribution < 1.29 is 43.9 Å². The molecule has 0 aromatic heterocycles. The number of hydrogen-bond donors (Lipinski definition) is 0. The molecule has 0 atom stereocenters. The Morgan fingerprint density at radius 3 is 1.16 bits per heavy atom. The van der Waals surface area contributed by atoms with Gasteiger partial charge in [0.15, 0.2) is 0 Å². The zero-order valence-corrected chi connectivity index (χ0v) is 13.9. The average Bonchev–Trinajstić information content (AvgIpc) is 2.48. The van der Waals surface area contributed by atoms with Crippen LogP contribution in [0.5, 0.6) is 0 Å². The van der Waals surface area contributed by atoms with E-state index in [4.69, 9.17) is 0 Å². The zero-order chi connectivity index (χ0) is 20.2. The summed E-state index contributed by atoms with van der Waals surface area (Å²) in [6.07, 6.45) is -4.11. The Hall–Kier alpha value is -0.700. The van der Waals surface area contributed by atoms with Crippen LogP contribution in [0, 0.1) is 0 Å². The normalized spacial score (nSPS) is 14.9. The second-order valence-electron chi connectivity index (χ2n) is 6.05. The lowest BCUT2D eigenvalue weighted by Crippen LogP contribution is -2.67. The fourth-order valence-corrected chi connectivity index (χ4v) is 2.14. The number of alkyl halides is 10. The van der Waals surface area contributed by atoms with Crippen LogP contribution in [0.3, 0.4) is 0 Å². The van der Waals surface area contributed by atoms with E-state index in [1.54, 1.807) is 6.92 Å². The molecule has 0 heterocycles. The van der Waals surface area contributed by atoms with Gasteiger partial charge < -0.3 is 0 Å².